The zero-order valence-corrected chi connectivity index (χ0v) is 14.5. The van der Waals surface area contributed by atoms with Gasteiger partial charge in [-0.1, -0.05) is 6.92 Å². The fourth-order valence-electron chi connectivity index (χ4n) is 1.75. The first kappa shape index (κ1) is 23.2. The molecule has 0 unspecified atom stereocenters. The molecule has 24 heavy (non-hydrogen) atoms. The van der Waals surface area contributed by atoms with E-state index in [0.29, 0.717) is 65.9 Å². The van der Waals surface area contributed by atoms with Gasteiger partial charge >= 0.3 is 5.97 Å². The van der Waals surface area contributed by atoms with E-state index >= 15 is 0 Å². The van der Waals surface area contributed by atoms with Gasteiger partial charge in [-0.3, -0.25) is 0 Å². The molecular weight excluding hydrogens is 320 g/mol. The number of aliphatic carboxylic acids is 1. The summed E-state index contributed by atoms with van der Waals surface area (Å²) in [5.74, 6) is -1.01. The minimum atomic E-state index is -1.01. The lowest BCUT2D eigenvalue weighted by atomic mass is 9.94. The molecular formula is C15H32N2O7. The molecule has 0 aromatic heterocycles. The van der Waals surface area contributed by atoms with Crippen LogP contribution in [0.1, 0.15) is 6.92 Å². The Morgan fingerprint density at radius 3 is 1.62 bits per heavy atom. The Hall–Kier alpha value is -0.810. The van der Waals surface area contributed by atoms with E-state index in [1.807, 2.05) is 6.92 Å². The molecule has 5 N–H and O–H groups in total. The van der Waals surface area contributed by atoms with Gasteiger partial charge < -0.3 is 40.3 Å². The zero-order chi connectivity index (χ0) is 18.1. The molecule has 0 atom stereocenters. The maximum atomic E-state index is 10.6. The van der Waals surface area contributed by atoms with Crippen molar-refractivity contribution in [2.75, 3.05) is 79.2 Å². The minimum Gasteiger partial charge on any atom is -0.480 e. The van der Waals surface area contributed by atoms with Crippen LogP contribution in [-0.2, 0) is 28.5 Å². The van der Waals surface area contributed by atoms with Gasteiger partial charge in [0.25, 0.3) is 0 Å². The van der Waals surface area contributed by atoms with E-state index < -0.39 is 11.4 Å². The highest BCUT2D eigenvalue weighted by Gasteiger charge is 2.26. The maximum absolute atomic E-state index is 10.6. The highest BCUT2D eigenvalue weighted by Crippen LogP contribution is 2.18. The van der Waals surface area contributed by atoms with E-state index in [9.17, 15) is 4.79 Å². The van der Waals surface area contributed by atoms with Gasteiger partial charge in [-0.15, -0.1) is 0 Å². The van der Waals surface area contributed by atoms with Crippen molar-refractivity contribution in [1.29, 1.82) is 0 Å². The smallest absolute Gasteiger partial charge is 0.329 e. The second-order valence-electron chi connectivity index (χ2n) is 5.60. The highest BCUT2D eigenvalue weighted by molar-refractivity contribution is 5.67. The Kier molecular flexibility index (Phi) is 15.2. The van der Waals surface area contributed by atoms with Gasteiger partial charge in [-0.25, -0.2) is 4.79 Å². The van der Waals surface area contributed by atoms with Crippen LogP contribution in [0.3, 0.4) is 0 Å². The third-order valence-corrected chi connectivity index (χ3v) is 2.85. The van der Waals surface area contributed by atoms with Crippen LogP contribution in [0, 0.1) is 5.41 Å². The van der Waals surface area contributed by atoms with Crippen LogP contribution in [0.4, 0.5) is 0 Å². The molecule has 0 heterocycles. The van der Waals surface area contributed by atoms with E-state index in [1.165, 1.54) is 0 Å². The first-order valence-corrected chi connectivity index (χ1v) is 8.05. The summed E-state index contributed by atoms with van der Waals surface area (Å²) < 4.78 is 26.8. The average molecular weight is 352 g/mol. The first-order valence-electron chi connectivity index (χ1n) is 8.05. The van der Waals surface area contributed by atoms with Crippen LogP contribution in [-0.4, -0.2) is 90.2 Å². The van der Waals surface area contributed by atoms with Crippen molar-refractivity contribution in [3.05, 3.63) is 0 Å². The van der Waals surface area contributed by atoms with Gasteiger partial charge in [0.1, 0.15) is 6.61 Å². The summed E-state index contributed by atoms with van der Waals surface area (Å²) in [6.45, 7) is 6.20. The van der Waals surface area contributed by atoms with Crippen LogP contribution in [0.15, 0.2) is 0 Å². The number of ether oxygens (including phenoxy) is 5. The van der Waals surface area contributed by atoms with Crippen LogP contribution >= 0.6 is 0 Å². The Labute approximate surface area is 143 Å². The molecule has 0 aromatic carbocycles. The van der Waals surface area contributed by atoms with Crippen molar-refractivity contribution in [3.63, 3.8) is 0 Å². The molecule has 0 radical (unpaired) electrons. The second-order valence-corrected chi connectivity index (χ2v) is 5.60. The normalized spacial score (nSPS) is 11.8. The van der Waals surface area contributed by atoms with Gasteiger partial charge in [0.15, 0.2) is 0 Å². The van der Waals surface area contributed by atoms with E-state index in [2.05, 4.69) is 0 Å². The van der Waals surface area contributed by atoms with Crippen LogP contribution < -0.4 is 11.5 Å². The van der Waals surface area contributed by atoms with Gasteiger partial charge in [0, 0.05) is 18.5 Å². The molecule has 0 aliphatic carbocycles. The molecule has 0 bridgehead atoms. The number of carboxylic acids is 1. The zero-order valence-electron chi connectivity index (χ0n) is 14.5. The molecule has 0 amide bonds. The first-order chi connectivity index (χ1) is 11.5. The second kappa shape index (κ2) is 15.7. The van der Waals surface area contributed by atoms with Crippen molar-refractivity contribution in [2.24, 2.45) is 16.9 Å². The highest BCUT2D eigenvalue weighted by atomic mass is 16.5. The van der Waals surface area contributed by atoms with E-state index in [-0.39, 0.29) is 13.2 Å². The van der Waals surface area contributed by atoms with Crippen molar-refractivity contribution in [1.82, 2.24) is 0 Å². The lowest BCUT2D eigenvalue weighted by Gasteiger charge is -2.28. The monoisotopic (exact) mass is 352 g/mol. The molecule has 0 aromatic rings. The van der Waals surface area contributed by atoms with E-state index in [4.69, 9.17) is 40.3 Å². The molecule has 0 fully saturated rings. The maximum Gasteiger partial charge on any atom is 0.329 e. The largest absolute Gasteiger partial charge is 0.480 e. The minimum absolute atomic E-state index is 0.215. The van der Waals surface area contributed by atoms with E-state index in [1.54, 1.807) is 0 Å². The van der Waals surface area contributed by atoms with Crippen molar-refractivity contribution in [2.45, 2.75) is 6.92 Å². The Morgan fingerprint density at radius 2 is 1.21 bits per heavy atom. The number of rotatable bonds is 18. The Morgan fingerprint density at radius 1 is 0.792 bits per heavy atom. The van der Waals surface area contributed by atoms with Crippen LogP contribution in [0.5, 0.6) is 0 Å². The standard InChI is InChI=1S/C15H32N2O7/c1-15(13-24-10-14(18)19,11-22-8-6-20-4-2-16)12-23-9-7-21-5-3-17/h2-13,16-17H2,1H3,(H,18,19). The van der Waals surface area contributed by atoms with Gasteiger partial charge in [-0.2, -0.15) is 0 Å². The lowest BCUT2D eigenvalue weighted by Crippen LogP contribution is -2.36. The molecule has 0 saturated heterocycles. The number of carbonyl (C=O) groups is 1. The van der Waals surface area contributed by atoms with Crippen molar-refractivity contribution in [3.8, 4) is 0 Å². The summed E-state index contributed by atoms with van der Waals surface area (Å²) >= 11 is 0. The quantitative estimate of drug-likeness (QED) is 0.267. The number of nitrogens with two attached hydrogens (primary N) is 2. The Bertz CT molecular complexity index is 290. The van der Waals surface area contributed by atoms with E-state index in [0.717, 1.165) is 0 Å². The third-order valence-electron chi connectivity index (χ3n) is 2.85. The molecule has 9 nitrogen and oxygen atoms in total. The average Bonchev–Trinajstić information content (AvgIpc) is 2.54. The van der Waals surface area contributed by atoms with Crippen molar-refractivity contribution >= 4 is 5.97 Å². The predicted octanol–water partition coefficient (Wildman–Crippen LogP) is -0.922. The van der Waals surface area contributed by atoms with Crippen LogP contribution in [0.25, 0.3) is 0 Å². The summed E-state index contributed by atoms with van der Waals surface area (Å²) in [7, 11) is 0. The fraction of sp³-hybridized carbons (Fsp3) is 0.933. The summed E-state index contributed by atoms with van der Waals surface area (Å²) in [5, 5.41) is 8.66. The molecule has 144 valence electrons. The molecule has 0 aliphatic heterocycles. The summed E-state index contributed by atoms with van der Waals surface area (Å²) in [4.78, 5) is 10.6. The molecule has 0 rings (SSSR count). The number of hydrogen-bond acceptors (Lipinski definition) is 8. The Balaban J connectivity index is 4.05. The fourth-order valence-corrected chi connectivity index (χ4v) is 1.75. The summed E-state index contributed by atoms with van der Waals surface area (Å²) in [5.41, 5.74) is 10.2. The number of hydrogen-bond donors (Lipinski definition) is 3. The molecule has 0 saturated carbocycles. The lowest BCUT2D eigenvalue weighted by molar-refractivity contribution is -0.145. The van der Waals surface area contributed by atoms with Gasteiger partial charge in [0.2, 0.25) is 0 Å². The summed E-state index contributed by atoms with van der Waals surface area (Å²) in [6, 6.07) is 0. The van der Waals surface area contributed by atoms with Gasteiger partial charge in [0.05, 0.1) is 59.5 Å². The third kappa shape index (κ3) is 14.8. The van der Waals surface area contributed by atoms with Crippen molar-refractivity contribution < 1.29 is 33.6 Å². The SMILES string of the molecule is CC(COCCOCCN)(COCCOCCN)COCC(=O)O. The van der Waals surface area contributed by atoms with Crippen LogP contribution in [0.2, 0.25) is 0 Å². The molecule has 0 aliphatic rings. The van der Waals surface area contributed by atoms with Gasteiger partial charge in [-0.05, 0) is 0 Å². The predicted molar refractivity (Wildman–Crippen MR) is 87.9 cm³/mol. The summed E-state index contributed by atoms with van der Waals surface area (Å²) in [6.07, 6.45) is 0. The molecule has 9 heteroatoms. The topological polar surface area (TPSA) is 135 Å². The molecule has 0 spiro atoms. The number of carboxylic acid groups (broad SMARTS) is 1.